The molecule has 0 saturated heterocycles. The summed E-state index contributed by atoms with van der Waals surface area (Å²) in [5, 5.41) is 0.760. The summed E-state index contributed by atoms with van der Waals surface area (Å²) in [5.74, 6) is 0.0169. The molecule has 0 aliphatic heterocycles. The highest BCUT2D eigenvalue weighted by atomic mass is 35.5. The van der Waals surface area contributed by atoms with E-state index in [1.165, 1.54) is 0 Å². The Balaban J connectivity index is 0.00000289. The molecule has 0 fully saturated rings. The van der Waals surface area contributed by atoms with Crippen molar-refractivity contribution in [3.05, 3.63) is 33.8 Å². The second-order valence-corrected chi connectivity index (χ2v) is 6.38. The average molecular weight is 334 g/mol. The second kappa shape index (κ2) is 7.53. The van der Waals surface area contributed by atoms with Gasteiger partial charge >= 0.3 is 0 Å². The first-order valence-corrected chi connectivity index (χ1v) is 7.45. The smallest absolute Gasteiger partial charge is 0.211 e. The molecule has 0 saturated carbocycles. The van der Waals surface area contributed by atoms with Crippen molar-refractivity contribution in [3.63, 3.8) is 0 Å². The molecule has 0 aromatic heterocycles. The molecule has 0 aliphatic rings. The Bertz CT molecular complexity index is 494. The average Bonchev–Trinajstić information content (AvgIpc) is 2.30. The van der Waals surface area contributed by atoms with Crippen LogP contribution in [-0.4, -0.2) is 20.7 Å². The fourth-order valence-electron chi connectivity index (χ4n) is 1.24. The summed E-state index contributed by atoms with van der Waals surface area (Å²) < 4.78 is 24.9. The molecule has 0 amide bonds. The summed E-state index contributed by atoms with van der Waals surface area (Å²) in [5.41, 5.74) is 6.48. The van der Waals surface area contributed by atoms with Gasteiger partial charge in [0.05, 0.1) is 15.8 Å². The lowest BCUT2D eigenvalue weighted by Crippen LogP contribution is -2.33. The number of nitrogens with two attached hydrogens (primary N) is 1. The molecule has 4 nitrogen and oxygen atoms in total. The molecule has 104 valence electrons. The number of hydrogen-bond donors (Lipinski definition) is 2. The number of sulfonamides is 1. The molecule has 3 N–H and O–H groups in total. The van der Waals surface area contributed by atoms with Crippen LogP contribution < -0.4 is 10.5 Å². The van der Waals surface area contributed by atoms with E-state index in [1.807, 2.05) is 0 Å². The number of halogens is 3. The van der Waals surface area contributed by atoms with E-state index in [-0.39, 0.29) is 24.7 Å². The van der Waals surface area contributed by atoms with Gasteiger partial charge in [-0.15, -0.1) is 12.4 Å². The molecule has 0 radical (unpaired) electrons. The predicted molar refractivity (Wildman–Crippen MR) is 78.1 cm³/mol. The van der Waals surface area contributed by atoms with Gasteiger partial charge in [-0.05, 0) is 18.6 Å². The Hall–Kier alpha value is -0.0400. The summed E-state index contributed by atoms with van der Waals surface area (Å²) >= 11 is 11.8. The molecule has 18 heavy (non-hydrogen) atoms. The highest BCUT2D eigenvalue weighted by Crippen LogP contribution is 2.28. The molecular weight excluding hydrogens is 319 g/mol. The highest BCUT2D eigenvalue weighted by Gasteiger charge is 2.15. The minimum atomic E-state index is -3.25. The van der Waals surface area contributed by atoms with Crippen molar-refractivity contribution in [1.29, 1.82) is 0 Å². The predicted octanol–water partition coefficient (Wildman–Crippen LogP) is 2.35. The first-order valence-electron chi connectivity index (χ1n) is 5.04. The van der Waals surface area contributed by atoms with Crippen LogP contribution in [0.5, 0.6) is 0 Å². The fraction of sp³-hybridized carbons (Fsp3) is 0.400. The first-order chi connectivity index (χ1) is 7.87. The van der Waals surface area contributed by atoms with E-state index in [0.717, 1.165) is 0 Å². The van der Waals surface area contributed by atoms with Crippen LogP contribution in [0.1, 0.15) is 18.5 Å². The number of nitrogens with one attached hydrogen (secondary N) is 1. The highest BCUT2D eigenvalue weighted by molar-refractivity contribution is 7.89. The van der Waals surface area contributed by atoms with E-state index in [4.69, 9.17) is 28.9 Å². The van der Waals surface area contributed by atoms with Crippen LogP contribution in [0.4, 0.5) is 0 Å². The van der Waals surface area contributed by atoms with Crippen molar-refractivity contribution < 1.29 is 8.42 Å². The van der Waals surface area contributed by atoms with E-state index in [1.54, 1.807) is 25.1 Å². The Morgan fingerprint density at radius 2 is 2.00 bits per heavy atom. The Labute approximate surface area is 123 Å². The van der Waals surface area contributed by atoms with Gasteiger partial charge in [0, 0.05) is 12.6 Å². The number of benzene rings is 1. The molecule has 0 spiro atoms. The summed E-state index contributed by atoms with van der Waals surface area (Å²) in [7, 11) is -3.25. The molecule has 0 bridgehead atoms. The van der Waals surface area contributed by atoms with E-state index in [0.29, 0.717) is 15.6 Å². The van der Waals surface area contributed by atoms with Crippen molar-refractivity contribution in [3.8, 4) is 0 Å². The third-order valence-electron chi connectivity index (χ3n) is 2.28. The van der Waals surface area contributed by atoms with Crippen molar-refractivity contribution >= 4 is 45.6 Å². The Kier molecular flexibility index (Phi) is 7.51. The maximum atomic E-state index is 11.3. The zero-order valence-electron chi connectivity index (χ0n) is 9.69. The van der Waals surface area contributed by atoms with Crippen LogP contribution in [0, 0.1) is 0 Å². The van der Waals surface area contributed by atoms with E-state index in [2.05, 4.69) is 4.72 Å². The number of rotatable bonds is 5. The molecule has 0 aliphatic carbocycles. The molecule has 8 heteroatoms. The maximum Gasteiger partial charge on any atom is 0.211 e. The first kappa shape index (κ1) is 18.0. The summed E-state index contributed by atoms with van der Waals surface area (Å²) in [6.45, 7) is 1.65. The molecule has 0 heterocycles. The van der Waals surface area contributed by atoms with Gasteiger partial charge in [0.25, 0.3) is 0 Å². The van der Waals surface area contributed by atoms with Crippen LogP contribution in [0.2, 0.25) is 10.0 Å². The van der Waals surface area contributed by atoms with Crippen LogP contribution in [0.3, 0.4) is 0 Å². The summed E-state index contributed by atoms with van der Waals surface area (Å²) in [6.07, 6.45) is 0. The van der Waals surface area contributed by atoms with Crippen LogP contribution >= 0.6 is 35.6 Å². The van der Waals surface area contributed by atoms with E-state index >= 15 is 0 Å². The topological polar surface area (TPSA) is 72.2 Å². The van der Waals surface area contributed by atoms with E-state index in [9.17, 15) is 8.42 Å². The Morgan fingerprint density at radius 3 is 2.56 bits per heavy atom. The SMILES string of the molecule is CCS(=O)(=O)NCC(N)c1cccc(Cl)c1Cl.Cl. The molecule has 1 aromatic rings. The number of hydrogen-bond acceptors (Lipinski definition) is 3. The second-order valence-electron chi connectivity index (χ2n) is 3.50. The van der Waals surface area contributed by atoms with Gasteiger partial charge in [-0.1, -0.05) is 35.3 Å². The van der Waals surface area contributed by atoms with Gasteiger partial charge in [-0.2, -0.15) is 0 Å². The van der Waals surface area contributed by atoms with Crippen molar-refractivity contribution in [2.45, 2.75) is 13.0 Å². The van der Waals surface area contributed by atoms with Gasteiger partial charge in [0.15, 0.2) is 0 Å². The Morgan fingerprint density at radius 1 is 1.39 bits per heavy atom. The lowest BCUT2D eigenvalue weighted by atomic mass is 10.1. The minimum absolute atomic E-state index is 0. The normalized spacial score (nSPS) is 12.9. The van der Waals surface area contributed by atoms with Crippen molar-refractivity contribution in [2.75, 3.05) is 12.3 Å². The standard InChI is InChI=1S/C10H14Cl2N2O2S.ClH/c1-2-17(15,16)14-6-9(13)7-4-3-5-8(11)10(7)12;/h3-5,9,14H,2,6,13H2,1H3;1H. The fourth-order valence-corrected chi connectivity index (χ4v) is 2.32. The summed E-state index contributed by atoms with van der Waals surface area (Å²) in [6, 6.07) is 4.57. The molecule has 1 atom stereocenters. The molecular formula is C10H15Cl3N2O2S. The third-order valence-corrected chi connectivity index (χ3v) is 4.48. The molecule has 1 aromatic carbocycles. The van der Waals surface area contributed by atoms with Crippen molar-refractivity contribution in [1.82, 2.24) is 4.72 Å². The lowest BCUT2D eigenvalue weighted by molar-refractivity contribution is 0.573. The monoisotopic (exact) mass is 332 g/mol. The summed E-state index contributed by atoms with van der Waals surface area (Å²) in [4.78, 5) is 0. The van der Waals surface area contributed by atoms with Gasteiger partial charge in [0.2, 0.25) is 10.0 Å². The van der Waals surface area contributed by atoms with E-state index < -0.39 is 16.1 Å². The molecule has 1 unspecified atom stereocenters. The minimum Gasteiger partial charge on any atom is -0.323 e. The van der Waals surface area contributed by atoms with Gasteiger partial charge < -0.3 is 5.73 Å². The maximum absolute atomic E-state index is 11.3. The lowest BCUT2D eigenvalue weighted by Gasteiger charge is -2.15. The largest absolute Gasteiger partial charge is 0.323 e. The zero-order chi connectivity index (χ0) is 13.1. The van der Waals surface area contributed by atoms with Crippen LogP contribution in [0.25, 0.3) is 0 Å². The third kappa shape index (κ3) is 4.91. The van der Waals surface area contributed by atoms with Crippen LogP contribution in [0.15, 0.2) is 18.2 Å². The van der Waals surface area contributed by atoms with Gasteiger partial charge in [0.1, 0.15) is 0 Å². The zero-order valence-corrected chi connectivity index (χ0v) is 12.8. The molecule has 1 rings (SSSR count). The van der Waals surface area contributed by atoms with Gasteiger partial charge in [-0.3, -0.25) is 0 Å². The van der Waals surface area contributed by atoms with Gasteiger partial charge in [-0.25, -0.2) is 13.1 Å². The van der Waals surface area contributed by atoms with Crippen molar-refractivity contribution in [2.24, 2.45) is 5.73 Å². The quantitative estimate of drug-likeness (QED) is 0.869. The van der Waals surface area contributed by atoms with Crippen LogP contribution in [-0.2, 0) is 10.0 Å².